The highest BCUT2D eigenvalue weighted by atomic mass is 35.5. The molecule has 1 aromatic heterocycles. The van der Waals surface area contributed by atoms with E-state index in [1.807, 2.05) is 6.92 Å². The smallest absolute Gasteiger partial charge is 0.167 e. The van der Waals surface area contributed by atoms with E-state index in [1.54, 1.807) is 7.05 Å². The normalized spacial score (nSPS) is 21.5. The third-order valence-corrected chi connectivity index (χ3v) is 3.26. The number of aryl methyl sites for hydroxylation is 1. The standard InChI is InChI=1S/C8H13ClN4/c1-6(9)8(3-4-8)5-7-10-12-13(2)11-7/h6H,3-5H2,1-2H3. The van der Waals surface area contributed by atoms with Gasteiger partial charge in [0.2, 0.25) is 0 Å². The first kappa shape index (κ1) is 8.94. The quantitative estimate of drug-likeness (QED) is 0.688. The molecule has 4 nitrogen and oxygen atoms in total. The van der Waals surface area contributed by atoms with Gasteiger partial charge < -0.3 is 0 Å². The summed E-state index contributed by atoms with van der Waals surface area (Å²) in [4.78, 5) is 1.49. The highest BCUT2D eigenvalue weighted by molar-refractivity contribution is 6.21. The monoisotopic (exact) mass is 200 g/mol. The van der Waals surface area contributed by atoms with Crippen molar-refractivity contribution in [1.82, 2.24) is 20.2 Å². The van der Waals surface area contributed by atoms with Crippen LogP contribution < -0.4 is 0 Å². The molecule has 0 saturated heterocycles. The van der Waals surface area contributed by atoms with E-state index in [9.17, 15) is 0 Å². The molecule has 1 fully saturated rings. The summed E-state index contributed by atoms with van der Waals surface area (Å²) in [5, 5.41) is 12.1. The van der Waals surface area contributed by atoms with E-state index >= 15 is 0 Å². The lowest BCUT2D eigenvalue weighted by Gasteiger charge is -2.14. The first-order chi connectivity index (χ1) is 6.12. The van der Waals surface area contributed by atoms with Crippen molar-refractivity contribution in [2.45, 2.75) is 31.6 Å². The number of hydrogen-bond acceptors (Lipinski definition) is 3. The van der Waals surface area contributed by atoms with Crippen LogP contribution in [0.4, 0.5) is 0 Å². The predicted molar refractivity (Wildman–Crippen MR) is 49.5 cm³/mol. The summed E-state index contributed by atoms with van der Waals surface area (Å²) in [6, 6.07) is 0. The van der Waals surface area contributed by atoms with Gasteiger partial charge in [0, 0.05) is 11.8 Å². The van der Waals surface area contributed by atoms with Gasteiger partial charge >= 0.3 is 0 Å². The minimum absolute atomic E-state index is 0.205. The Morgan fingerprint density at radius 2 is 2.31 bits per heavy atom. The summed E-state index contributed by atoms with van der Waals surface area (Å²) in [7, 11) is 1.78. The van der Waals surface area contributed by atoms with Gasteiger partial charge in [-0.25, -0.2) is 0 Å². The molecule has 2 rings (SSSR count). The topological polar surface area (TPSA) is 43.6 Å². The lowest BCUT2D eigenvalue weighted by atomic mass is 9.98. The molecular formula is C8H13ClN4. The Balaban J connectivity index is 2.06. The van der Waals surface area contributed by atoms with Crippen molar-refractivity contribution in [3.8, 4) is 0 Å². The summed E-state index contributed by atoms with van der Waals surface area (Å²) < 4.78 is 0. The molecule has 5 heteroatoms. The average molecular weight is 201 g/mol. The number of aromatic nitrogens is 4. The van der Waals surface area contributed by atoms with Gasteiger partial charge in [-0.3, -0.25) is 0 Å². The molecule has 1 unspecified atom stereocenters. The van der Waals surface area contributed by atoms with Crippen molar-refractivity contribution in [2.24, 2.45) is 12.5 Å². The van der Waals surface area contributed by atoms with Crippen LogP contribution in [0.2, 0.25) is 0 Å². The van der Waals surface area contributed by atoms with Crippen molar-refractivity contribution < 1.29 is 0 Å². The van der Waals surface area contributed by atoms with E-state index in [0.29, 0.717) is 0 Å². The van der Waals surface area contributed by atoms with E-state index in [-0.39, 0.29) is 10.8 Å². The number of halogens is 1. The molecule has 1 aromatic rings. The Kier molecular flexibility index (Phi) is 2.02. The molecule has 13 heavy (non-hydrogen) atoms. The van der Waals surface area contributed by atoms with E-state index in [0.717, 1.165) is 12.2 Å². The number of alkyl halides is 1. The third kappa shape index (κ3) is 1.68. The first-order valence-corrected chi connectivity index (χ1v) is 4.93. The average Bonchev–Trinajstić information content (AvgIpc) is 2.72. The first-order valence-electron chi connectivity index (χ1n) is 4.49. The second-order valence-electron chi connectivity index (χ2n) is 3.85. The molecule has 0 radical (unpaired) electrons. The van der Waals surface area contributed by atoms with Crippen LogP contribution in [0.1, 0.15) is 25.6 Å². The molecule has 0 bridgehead atoms. The minimum Gasteiger partial charge on any atom is -0.167 e. The zero-order valence-electron chi connectivity index (χ0n) is 7.87. The Morgan fingerprint density at radius 1 is 1.62 bits per heavy atom. The fourth-order valence-corrected chi connectivity index (χ4v) is 1.88. The summed E-state index contributed by atoms with van der Waals surface area (Å²) in [5.41, 5.74) is 0.255. The van der Waals surface area contributed by atoms with Gasteiger partial charge in [-0.05, 0) is 30.4 Å². The molecule has 0 amide bonds. The SMILES string of the molecule is CC(Cl)C1(Cc2nnn(C)n2)CC1. The highest BCUT2D eigenvalue weighted by Gasteiger charge is 2.47. The number of tetrazole rings is 1. The van der Waals surface area contributed by atoms with Crippen molar-refractivity contribution in [2.75, 3.05) is 0 Å². The molecule has 0 aromatic carbocycles. The molecule has 72 valence electrons. The van der Waals surface area contributed by atoms with Crippen LogP contribution in [-0.2, 0) is 13.5 Å². The van der Waals surface area contributed by atoms with E-state index in [4.69, 9.17) is 11.6 Å². The van der Waals surface area contributed by atoms with Crippen molar-refractivity contribution in [1.29, 1.82) is 0 Å². The predicted octanol–water partition coefficient (Wildman–Crippen LogP) is 1.16. The van der Waals surface area contributed by atoms with Gasteiger partial charge in [-0.1, -0.05) is 0 Å². The minimum atomic E-state index is 0.205. The molecule has 1 aliphatic rings. The zero-order valence-corrected chi connectivity index (χ0v) is 8.62. The van der Waals surface area contributed by atoms with Gasteiger partial charge in [0.25, 0.3) is 0 Å². The second kappa shape index (κ2) is 2.94. The lowest BCUT2D eigenvalue weighted by molar-refractivity contribution is 0.481. The molecule has 0 N–H and O–H groups in total. The van der Waals surface area contributed by atoms with E-state index in [2.05, 4.69) is 15.4 Å². The summed E-state index contributed by atoms with van der Waals surface area (Å²) in [6.45, 7) is 2.05. The van der Waals surface area contributed by atoms with Crippen LogP contribution in [-0.4, -0.2) is 25.6 Å². The largest absolute Gasteiger partial charge is 0.175 e. The highest BCUT2D eigenvalue weighted by Crippen LogP contribution is 2.52. The van der Waals surface area contributed by atoms with Crippen LogP contribution >= 0.6 is 11.6 Å². The lowest BCUT2D eigenvalue weighted by Crippen LogP contribution is -2.16. The fourth-order valence-electron chi connectivity index (χ4n) is 1.58. The number of nitrogens with zero attached hydrogens (tertiary/aromatic N) is 4. The van der Waals surface area contributed by atoms with Gasteiger partial charge in [-0.15, -0.1) is 21.8 Å². The molecule has 0 spiro atoms. The number of hydrogen-bond donors (Lipinski definition) is 0. The van der Waals surface area contributed by atoms with E-state index in [1.165, 1.54) is 17.6 Å². The van der Waals surface area contributed by atoms with Crippen LogP contribution in [0.3, 0.4) is 0 Å². The maximum Gasteiger partial charge on any atom is 0.175 e. The maximum absolute atomic E-state index is 6.11. The zero-order chi connectivity index (χ0) is 9.47. The van der Waals surface area contributed by atoms with Crippen molar-refractivity contribution >= 4 is 11.6 Å². The number of rotatable bonds is 3. The Labute approximate surface area is 82.3 Å². The van der Waals surface area contributed by atoms with Gasteiger partial charge in [-0.2, -0.15) is 4.80 Å². The molecular weight excluding hydrogens is 188 g/mol. The van der Waals surface area contributed by atoms with E-state index < -0.39 is 0 Å². The second-order valence-corrected chi connectivity index (χ2v) is 4.50. The van der Waals surface area contributed by atoms with Crippen molar-refractivity contribution in [3.63, 3.8) is 0 Å². The summed E-state index contributed by atoms with van der Waals surface area (Å²) >= 11 is 6.11. The maximum atomic E-state index is 6.11. The summed E-state index contributed by atoms with van der Waals surface area (Å²) in [5.74, 6) is 0.812. The van der Waals surface area contributed by atoms with Gasteiger partial charge in [0.05, 0.1) is 7.05 Å². The van der Waals surface area contributed by atoms with Crippen molar-refractivity contribution in [3.05, 3.63) is 5.82 Å². The molecule has 1 aliphatic carbocycles. The van der Waals surface area contributed by atoms with Gasteiger partial charge in [0.1, 0.15) is 0 Å². The van der Waals surface area contributed by atoms with Crippen LogP contribution in [0.5, 0.6) is 0 Å². The fraction of sp³-hybridized carbons (Fsp3) is 0.875. The molecule has 1 heterocycles. The van der Waals surface area contributed by atoms with Crippen LogP contribution in [0.15, 0.2) is 0 Å². The Bertz CT molecular complexity index is 303. The molecule has 1 atom stereocenters. The third-order valence-electron chi connectivity index (χ3n) is 2.80. The Hall–Kier alpha value is -0.640. The molecule has 1 saturated carbocycles. The molecule has 0 aliphatic heterocycles. The van der Waals surface area contributed by atoms with Crippen LogP contribution in [0.25, 0.3) is 0 Å². The van der Waals surface area contributed by atoms with Crippen LogP contribution in [0, 0.1) is 5.41 Å². The Morgan fingerprint density at radius 3 is 2.69 bits per heavy atom. The summed E-state index contributed by atoms with van der Waals surface area (Å²) in [6.07, 6.45) is 3.25. The van der Waals surface area contributed by atoms with Gasteiger partial charge in [0.15, 0.2) is 5.82 Å².